The maximum Gasteiger partial charge on any atom is 0.250 e. The third kappa shape index (κ3) is 4.83. The molecule has 166 valence electrons. The molecule has 3 aromatic carbocycles. The van der Waals surface area contributed by atoms with E-state index in [1.54, 1.807) is 12.3 Å². The number of ether oxygens (including phenoxy) is 1. The van der Waals surface area contributed by atoms with Gasteiger partial charge in [-0.05, 0) is 29.0 Å². The molecule has 0 atom stereocenters. The van der Waals surface area contributed by atoms with Gasteiger partial charge in [0.15, 0.2) is 0 Å². The summed E-state index contributed by atoms with van der Waals surface area (Å²) in [5.74, 6) is 1.39. The van der Waals surface area contributed by atoms with Crippen molar-refractivity contribution < 1.29 is 9.84 Å². The average Bonchev–Trinajstić information content (AvgIpc) is 2.86. The van der Waals surface area contributed by atoms with Crippen LogP contribution in [0.25, 0.3) is 10.8 Å². The van der Waals surface area contributed by atoms with E-state index in [0.717, 1.165) is 16.5 Å². The Hall–Kier alpha value is -4.24. The van der Waals surface area contributed by atoms with Crippen molar-refractivity contribution in [3.8, 4) is 5.75 Å². The zero-order valence-corrected chi connectivity index (χ0v) is 17.8. The lowest BCUT2D eigenvalue weighted by molar-refractivity contribution is 0.122. The SMILES string of the molecule is Oc1ccc2ccccc2c1C=NNc1nc(Nc2ccccc2)nc(N2CCOCC2)n1. The molecule has 1 aliphatic heterocycles. The smallest absolute Gasteiger partial charge is 0.250 e. The molecule has 5 rings (SSSR count). The second kappa shape index (κ2) is 9.49. The summed E-state index contributed by atoms with van der Waals surface area (Å²) < 4.78 is 5.45. The van der Waals surface area contributed by atoms with Crippen molar-refractivity contribution >= 4 is 40.5 Å². The zero-order chi connectivity index (χ0) is 22.5. The van der Waals surface area contributed by atoms with Gasteiger partial charge in [-0.15, -0.1) is 0 Å². The Morgan fingerprint density at radius 2 is 1.64 bits per heavy atom. The Labute approximate surface area is 190 Å². The van der Waals surface area contributed by atoms with Gasteiger partial charge in [0.05, 0.1) is 19.4 Å². The highest BCUT2D eigenvalue weighted by Crippen LogP contribution is 2.25. The molecule has 2 heterocycles. The molecule has 9 nitrogen and oxygen atoms in total. The van der Waals surface area contributed by atoms with Gasteiger partial charge in [0.1, 0.15) is 5.75 Å². The van der Waals surface area contributed by atoms with E-state index in [9.17, 15) is 5.11 Å². The monoisotopic (exact) mass is 441 g/mol. The molecule has 1 saturated heterocycles. The first-order valence-corrected chi connectivity index (χ1v) is 10.7. The summed E-state index contributed by atoms with van der Waals surface area (Å²) >= 11 is 0. The molecule has 33 heavy (non-hydrogen) atoms. The largest absolute Gasteiger partial charge is 0.507 e. The van der Waals surface area contributed by atoms with Crippen LogP contribution in [0.2, 0.25) is 0 Å². The second-order valence-electron chi connectivity index (χ2n) is 7.46. The van der Waals surface area contributed by atoms with E-state index in [1.807, 2.05) is 65.6 Å². The molecule has 0 aliphatic carbocycles. The Morgan fingerprint density at radius 3 is 2.48 bits per heavy atom. The van der Waals surface area contributed by atoms with Crippen LogP contribution in [0.1, 0.15) is 5.56 Å². The minimum absolute atomic E-state index is 0.148. The van der Waals surface area contributed by atoms with Crippen LogP contribution in [-0.2, 0) is 4.74 Å². The maximum absolute atomic E-state index is 10.3. The number of rotatable bonds is 6. The molecule has 9 heteroatoms. The first-order chi connectivity index (χ1) is 16.3. The minimum atomic E-state index is 0.148. The predicted molar refractivity (Wildman–Crippen MR) is 129 cm³/mol. The van der Waals surface area contributed by atoms with Gasteiger partial charge in [-0.2, -0.15) is 20.1 Å². The van der Waals surface area contributed by atoms with Crippen LogP contribution in [0, 0.1) is 0 Å². The average molecular weight is 441 g/mol. The molecule has 1 fully saturated rings. The van der Waals surface area contributed by atoms with Crippen LogP contribution in [0.4, 0.5) is 23.5 Å². The molecule has 0 radical (unpaired) electrons. The van der Waals surface area contributed by atoms with E-state index in [4.69, 9.17) is 4.74 Å². The third-order valence-electron chi connectivity index (χ3n) is 5.25. The van der Waals surface area contributed by atoms with Crippen LogP contribution < -0.4 is 15.6 Å². The van der Waals surface area contributed by atoms with Crippen LogP contribution in [0.5, 0.6) is 5.75 Å². The van der Waals surface area contributed by atoms with Gasteiger partial charge >= 0.3 is 0 Å². The molecule has 0 spiro atoms. The van der Waals surface area contributed by atoms with Crippen molar-refractivity contribution in [2.75, 3.05) is 41.9 Å². The fourth-order valence-electron chi connectivity index (χ4n) is 3.60. The molecule has 0 saturated carbocycles. The van der Waals surface area contributed by atoms with Gasteiger partial charge in [0, 0.05) is 24.3 Å². The van der Waals surface area contributed by atoms with Crippen molar-refractivity contribution in [3.63, 3.8) is 0 Å². The number of aromatic hydroxyl groups is 1. The van der Waals surface area contributed by atoms with Gasteiger partial charge < -0.3 is 20.1 Å². The molecular weight excluding hydrogens is 418 g/mol. The summed E-state index contributed by atoms with van der Waals surface area (Å²) in [4.78, 5) is 15.6. The number of nitrogens with zero attached hydrogens (tertiary/aromatic N) is 5. The number of phenols is 1. The van der Waals surface area contributed by atoms with Gasteiger partial charge in [-0.25, -0.2) is 5.43 Å². The number of hydrogen-bond acceptors (Lipinski definition) is 9. The zero-order valence-electron chi connectivity index (χ0n) is 17.8. The number of morpholine rings is 1. The Balaban J connectivity index is 1.43. The number of para-hydroxylation sites is 1. The number of benzene rings is 3. The Kier molecular flexibility index (Phi) is 5.94. The van der Waals surface area contributed by atoms with Crippen LogP contribution in [0.15, 0.2) is 71.8 Å². The molecule has 0 unspecified atom stereocenters. The summed E-state index contributed by atoms with van der Waals surface area (Å²) in [5.41, 5.74) is 4.37. The Morgan fingerprint density at radius 1 is 0.879 bits per heavy atom. The van der Waals surface area contributed by atoms with Crippen molar-refractivity contribution in [1.82, 2.24) is 15.0 Å². The number of fused-ring (bicyclic) bond motifs is 1. The summed E-state index contributed by atoms with van der Waals surface area (Å²) in [6, 6.07) is 21.0. The van der Waals surface area contributed by atoms with Gasteiger partial charge in [-0.1, -0.05) is 48.5 Å². The topological polar surface area (TPSA) is 108 Å². The number of anilines is 4. The summed E-state index contributed by atoms with van der Waals surface area (Å²) in [6.07, 6.45) is 1.57. The quantitative estimate of drug-likeness (QED) is 0.307. The van der Waals surface area contributed by atoms with Gasteiger partial charge in [0.25, 0.3) is 0 Å². The van der Waals surface area contributed by atoms with E-state index >= 15 is 0 Å². The molecule has 1 aromatic heterocycles. The van der Waals surface area contributed by atoms with Gasteiger partial charge in [-0.3, -0.25) is 0 Å². The summed E-state index contributed by atoms with van der Waals surface area (Å²) in [7, 11) is 0. The highest BCUT2D eigenvalue weighted by Gasteiger charge is 2.17. The van der Waals surface area contributed by atoms with Crippen molar-refractivity contribution in [1.29, 1.82) is 0 Å². The molecule has 0 bridgehead atoms. The lowest BCUT2D eigenvalue weighted by Gasteiger charge is -2.27. The molecule has 3 N–H and O–H groups in total. The van der Waals surface area contributed by atoms with E-state index in [2.05, 4.69) is 30.8 Å². The van der Waals surface area contributed by atoms with E-state index in [1.165, 1.54) is 0 Å². The summed E-state index contributed by atoms with van der Waals surface area (Å²) in [6.45, 7) is 2.63. The summed E-state index contributed by atoms with van der Waals surface area (Å²) in [5, 5.41) is 19.8. The lowest BCUT2D eigenvalue weighted by atomic mass is 10.0. The number of hydrazone groups is 1. The lowest BCUT2D eigenvalue weighted by Crippen LogP contribution is -2.37. The number of nitrogens with one attached hydrogen (secondary N) is 2. The molecular formula is C24H23N7O2. The molecule has 1 aliphatic rings. The highest BCUT2D eigenvalue weighted by atomic mass is 16.5. The van der Waals surface area contributed by atoms with Crippen LogP contribution >= 0.6 is 0 Å². The third-order valence-corrected chi connectivity index (χ3v) is 5.25. The number of phenolic OH excluding ortho intramolecular Hbond substituents is 1. The first kappa shape index (κ1) is 20.7. The predicted octanol–water partition coefficient (Wildman–Crippen LogP) is 3.76. The van der Waals surface area contributed by atoms with Crippen molar-refractivity contribution in [2.24, 2.45) is 5.10 Å². The molecule has 0 amide bonds. The first-order valence-electron chi connectivity index (χ1n) is 10.7. The van der Waals surface area contributed by atoms with E-state index < -0.39 is 0 Å². The molecule has 4 aromatic rings. The maximum atomic E-state index is 10.3. The van der Waals surface area contributed by atoms with Gasteiger partial charge in [0.2, 0.25) is 17.8 Å². The van der Waals surface area contributed by atoms with Crippen LogP contribution in [0.3, 0.4) is 0 Å². The normalized spacial score (nSPS) is 14.0. The fraction of sp³-hybridized carbons (Fsp3) is 0.167. The van der Waals surface area contributed by atoms with E-state index in [0.29, 0.717) is 49.7 Å². The van der Waals surface area contributed by atoms with Crippen molar-refractivity contribution in [3.05, 3.63) is 72.3 Å². The minimum Gasteiger partial charge on any atom is -0.507 e. The Bertz CT molecular complexity index is 1270. The number of aromatic nitrogens is 3. The second-order valence-corrected chi connectivity index (χ2v) is 7.46. The van der Waals surface area contributed by atoms with Crippen LogP contribution in [-0.4, -0.2) is 52.6 Å². The van der Waals surface area contributed by atoms with Crippen molar-refractivity contribution in [2.45, 2.75) is 0 Å². The van der Waals surface area contributed by atoms with E-state index in [-0.39, 0.29) is 5.75 Å². The highest BCUT2D eigenvalue weighted by molar-refractivity contribution is 6.02. The number of hydrogen-bond donors (Lipinski definition) is 3. The standard InChI is InChI=1S/C24H23N7O2/c32-21-11-10-17-6-4-5-9-19(17)20(21)16-25-30-23-27-22(26-18-7-2-1-3-8-18)28-24(29-23)31-12-14-33-15-13-31/h1-11,16,32H,12-15H2,(H2,26,27,28,29,30). The fourth-order valence-corrected chi connectivity index (χ4v) is 3.60.